The van der Waals surface area contributed by atoms with Crippen LogP contribution in [0.4, 0.5) is 10.5 Å². The molecule has 1 fully saturated rings. The summed E-state index contributed by atoms with van der Waals surface area (Å²) in [4.78, 5) is 38.4. The molecular weight excluding hydrogens is 432 g/mol. The first-order valence-corrected chi connectivity index (χ1v) is 8.77. The fraction of sp³-hybridized carbons (Fsp3) is 0.105. The predicted molar refractivity (Wildman–Crippen MR) is 104 cm³/mol. The molecule has 2 aromatic carbocycles. The number of benzene rings is 2. The minimum absolute atomic E-state index is 0.116. The van der Waals surface area contributed by atoms with Crippen LogP contribution in [0.25, 0.3) is 6.08 Å². The molecule has 4 amide bonds. The molecule has 0 unspecified atom stereocenters. The van der Waals surface area contributed by atoms with Crippen LogP contribution < -0.4 is 19.7 Å². The van der Waals surface area contributed by atoms with E-state index in [1.807, 2.05) is 0 Å². The molecular formula is C19H15BrN2O6. The first-order valence-electron chi connectivity index (χ1n) is 7.98. The Balaban J connectivity index is 2.08. The Hall–Kier alpha value is -3.33. The smallest absolute Gasteiger partial charge is 0.336 e. The molecule has 1 saturated heterocycles. The number of halogens is 1. The summed E-state index contributed by atoms with van der Waals surface area (Å²) in [5.41, 5.74) is 0.356. The van der Waals surface area contributed by atoms with Crippen molar-refractivity contribution in [3.63, 3.8) is 0 Å². The highest BCUT2D eigenvalue weighted by atomic mass is 79.9. The molecule has 0 atom stereocenters. The normalized spacial score (nSPS) is 15.6. The second kappa shape index (κ2) is 7.73. The fourth-order valence-corrected chi connectivity index (χ4v) is 3.15. The van der Waals surface area contributed by atoms with E-state index in [1.165, 1.54) is 38.5 Å². The summed E-state index contributed by atoms with van der Waals surface area (Å²) in [5.74, 6) is -1.29. The zero-order valence-corrected chi connectivity index (χ0v) is 16.4. The summed E-state index contributed by atoms with van der Waals surface area (Å²) < 4.78 is 10.6. The van der Waals surface area contributed by atoms with Gasteiger partial charge < -0.3 is 14.6 Å². The Morgan fingerprint density at radius 3 is 2.43 bits per heavy atom. The van der Waals surface area contributed by atoms with Crippen molar-refractivity contribution in [3.8, 4) is 17.2 Å². The van der Waals surface area contributed by atoms with E-state index in [2.05, 4.69) is 21.2 Å². The monoisotopic (exact) mass is 446 g/mol. The van der Waals surface area contributed by atoms with Crippen molar-refractivity contribution >= 4 is 45.5 Å². The van der Waals surface area contributed by atoms with Gasteiger partial charge in [0.15, 0.2) is 11.5 Å². The molecule has 0 aliphatic carbocycles. The lowest BCUT2D eigenvalue weighted by atomic mass is 10.1. The number of imide groups is 2. The van der Waals surface area contributed by atoms with Crippen molar-refractivity contribution < 1.29 is 29.0 Å². The van der Waals surface area contributed by atoms with Crippen LogP contribution in [-0.2, 0) is 9.59 Å². The van der Waals surface area contributed by atoms with Gasteiger partial charge in [-0.2, -0.15) is 0 Å². The molecule has 1 aliphatic heterocycles. The largest absolute Gasteiger partial charge is 0.503 e. The number of phenolic OH excluding ortho intramolecular Hbond substituents is 1. The third-order valence-electron chi connectivity index (χ3n) is 4.01. The van der Waals surface area contributed by atoms with Gasteiger partial charge in [0.1, 0.15) is 11.3 Å². The summed E-state index contributed by atoms with van der Waals surface area (Å²) in [7, 11) is 2.78. The van der Waals surface area contributed by atoms with Gasteiger partial charge in [-0.1, -0.05) is 12.1 Å². The molecule has 3 rings (SSSR count). The average Bonchev–Trinajstić information content (AvgIpc) is 2.67. The summed E-state index contributed by atoms with van der Waals surface area (Å²) >= 11 is 3.18. The first-order chi connectivity index (χ1) is 13.4. The number of amides is 4. The Morgan fingerprint density at radius 1 is 1.07 bits per heavy atom. The van der Waals surface area contributed by atoms with Gasteiger partial charge in [-0.25, -0.2) is 9.69 Å². The Kier molecular flexibility index (Phi) is 5.36. The van der Waals surface area contributed by atoms with Crippen molar-refractivity contribution in [2.45, 2.75) is 0 Å². The highest BCUT2D eigenvalue weighted by molar-refractivity contribution is 9.10. The van der Waals surface area contributed by atoms with E-state index >= 15 is 0 Å². The van der Waals surface area contributed by atoms with E-state index in [0.29, 0.717) is 15.8 Å². The Morgan fingerprint density at radius 2 is 1.75 bits per heavy atom. The number of nitrogens with zero attached hydrogens (tertiary/aromatic N) is 1. The molecule has 2 aromatic rings. The maximum absolute atomic E-state index is 13.0. The van der Waals surface area contributed by atoms with Crippen molar-refractivity contribution in [1.82, 2.24) is 5.32 Å². The van der Waals surface area contributed by atoms with Gasteiger partial charge in [0.05, 0.1) is 24.4 Å². The number of nitrogens with one attached hydrogen (secondary N) is 1. The number of hydrogen-bond donors (Lipinski definition) is 2. The SMILES string of the molecule is COc1ccccc1N1C(=O)NC(=O)/C(=C\c2cc(Br)c(O)c(OC)c2)C1=O. The van der Waals surface area contributed by atoms with Gasteiger partial charge in [-0.15, -0.1) is 0 Å². The van der Waals surface area contributed by atoms with E-state index in [4.69, 9.17) is 9.47 Å². The van der Waals surface area contributed by atoms with Crippen LogP contribution >= 0.6 is 15.9 Å². The van der Waals surface area contributed by atoms with Crippen molar-refractivity contribution in [3.05, 3.63) is 52.0 Å². The van der Waals surface area contributed by atoms with E-state index in [0.717, 1.165) is 4.90 Å². The van der Waals surface area contributed by atoms with Crippen LogP contribution in [0.1, 0.15) is 5.56 Å². The highest BCUT2D eigenvalue weighted by Gasteiger charge is 2.38. The van der Waals surface area contributed by atoms with Gasteiger partial charge in [0.2, 0.25) is 0 Å². The highest BCUT2D eigenvalue weighted by Crippen LogP contribution is 2.36. The maximum Gasteiger partial charge on any atom is 0.336 e. The molecule has 144 valence electrons. The molecule has 0 bridgehead atoms. The lowest BCUT2D eigenvalue weighted by molar-refractivity contribution is -0.122. The van der Waals surface area contributed by atoms with Gasteiger partial charge in [0, 0.05) is 0 Å². The van der Waals surface area contributed by atoms with Crippen LogP contribution in [0, 0.1) is 0 Å². The first kappa shape index (κ1) is 19.4. The van der Waals surface area contributed by atoms with Crippen LogP contribution in [0.2, 0.25) is 0 Å². The predicted octanol–water partition coefficient (Wildman–Crippen LogP) is 2.84. The number of ether oxygens (including phenoxy) is 2. The van der Waals surface area contributed by atoms with Crippen LogP contribution in [0.3, 0.4) is 0 Å². The number of barbiturate groups is 1. The van der Waals surface area contributed by atoms with E-state index in [9.17, 15) is 19.5 Å². The number of methoxy groups -OCH3 is 2. The number of rotatable bonds is 4. The quantitative estimate of drug-likeness (QED) is 0.552. The van der Waals surface area contributed by atoms with Crippen LogP contribution in [-0.4, -0.2) is 37.2 Å². The van der Waals surface area contributed by atoms with Gasteiger partial charge in [-0.3, -0.25) is 14.9 Å². The number of para-hydroxylation sites is 2. The minimum Gasteiger partial charge on any atom is -0.503 e. The third kappa shape index (κ3) is 3.44. The van der Waals surface area contributed by atoms with E-state index in [1.54, 1.807) is 18.2 Å². The van der Waals surface area contributed by atoms with Gasteiger partial charge in [0.25, 0.3) is 11.8 Å². The van der Waals surface area contributed by atoms with Crippen molar-refractivity contribution in [1.29, 1.82) is 0 Å². The fourth-order valence-electron chi connectivity index (χ4n) is 2.69. The molecule has 1 aliphatic rings. The molecule has 2 N–H and O–H groups in total. The van der Waals surface area contributed by atoms with Gasteiger partial charge >= 0.3 is 6.03 Å². The molecule has 0 spiro atoms. The number of phenols is 1. The zero-order valence-electron chi connectivity index (χ0n) is 14.9. The zero-order chi connectivity index (χ0) is 20.4. The second-order valence-corrected chi connectivity index (χ2v) is 6.54. The van der Waals surface area contributed by atoms with E-state index in [-0.39, 0.29) is 22.8 Å². The Bertz CT molecular complexity index is 1020. The van der Waals surface area contributed by atoms with Gasteiger partial charge in [-0.05, 0) is 51.8 Å². The number of anilines is 1. The number of aromatic hydroxyl groups is 1. The number of hydrogen-bond acceptors (Lipinski definition) is 6. The standard InChI is InChI=1S/C19H15BrN2O6/c1-27-14-6-4-3-5-13(14)22-18(25)11(17(24)21-19(22)26)7-10-8-12(20)16(23)15(9-10)28-2/h3-9,23H,1-2H3,(H,21,24,26)/b11-7+. The molecule has 28 heavy (non-hydrogen) atoms. The number of carbonyl (C=O) groups is 3. The number of carbonyl (C=O) groups excluding carboxylic acids is 3. The van der Waals surface area contributed by atoms with Crippen LogP contribution in [0.5, 0.6) is 17.2 Å². The molecule has 8 nitrogen and oxygen atoms in total. The summed E-state index contributed by atoms with van der Waals surface area (Å²) in [6, 6.07) is 8.55. The minimum atomic E-state index is -0.874. The topological polar surface area (TPSA) is 105 Å². The molecule has 0 radical (unpaired) electrons. The second-order valence-electron chi connectivity index (χ2n) is 5.68. The average molecular weight is 447 g/mol. The molecule has 0 aromatic heterocycles. The van der Waals surface area contributed by atoms with E-state index < -0.39 is 17.8 Å². The summed E-state index contributed by atoms with van der Waals surface area (Å²) in [5, 5.41) is 12.1. The Labute approximate surface area is 168 Å². The van der Waals surface area contributed by atoms with Crippen molar-refractivity contribution in [2.24, 2.45) is 0 Å². The summed E-state index contributed by atoms with van der Waals surface area (Å²) in [6.45, 7) is 0. The lowest BCUT2D eigenvalue weighted by Crippen LogP contribution is -2.54. The van der Waals surface area contributed by atoms with Crippen molar-refractivity contribution in [2.75, 3.05) is 19.1 Å². The molecule has 9 heteroatoms. The number of urea groups is 1. The lowest BCUT2D eigenvalue weighted by Gasteiger charge is -2.27. The third-order valence-corrected chi connectivity index (χ3v) is 4.61. The maximum atomic E-state index is 13.0. The molecule has 0 saturated carbocycles. The summed E-state index contributed by atoms with van der Waals surface area (Å²) in [6.07, 6.45) is 1.30. The van der Waals surface area contributed by atoms with Crippen LogP contribution in [0.15, 0.2) is 46.4 Å². The molecule has 1 heterocycles.